The molecule has 0 aromatic carbocycles. The van der Waals surface area contributed by atoms with Crippen LogP contribution in [-0.2, 0) is 9.47 Å². The van der Waals surface area contributed by atoms with Crippen molar-refractivity contribution in [2.24, 2.45) is 5.73 Å². The first-order chi connectivity index (χ1) is 8.69. The molecule has 1 rings (SSSR count). The lowest BCUT2D eigenvalue weighted by atomic mass is 9.97. The van der Waals surface area contributed by atoms with Crippen LogP contribution in [0.4, 0.5) is 0 Å². The molecule has 0 spiro atoms. The summed E-state index contributed by atoms with van der Waals surface area (Å²) in [6, 6.07) is 0.783. The summed E-state index contributed by atoms with van der Waals surface area (Å²) in [7, 11) is 0. The summed E-state index contributed by atoms with van der Waals surface area (Å²) in [6.07, 6.45) is 4.70. The maximum atomic E-state index is 6.08. The SMILES string of the molecule is CCOC(CCN1CCCCC1C(C)N)OCC. The second kappa shape index (κ2) is 8.86. The third-order valence-electron chi connectivity index (χ3n) is 3.63. The van der Waals surface area contributed by atoms with Crippen molar-refractivity contribution in [1.29, 1.82) is 0 Å². The Labute approximate surface area is 112 Å². The number of likely N-dealkylation sites (tertiary alicyclic amines) is 1. The molecular weight excluding hydrogens is 228 g/mol. The number of piperidine rings is 1. The number of hydrogen-bond acceptors (Lipinski definition) is 4. The van der Waals surface area contributed by atoms with Crippen LogP contribution in [0.2, 0.25) is 0 Å². The quantitative estimate of drug-likeness (QED) is 0.676. The van der Waals surface area contributed by atoms with E-state index in [2.05, 4.69) is 11.8 Å². The van der Waals surface area contributed by atoms with E-state index < -0.39 is 0 Å². The summed E-state index contributed by atoms with van der Waals surface area (Å²) in [5.74, 6) is 0. The van der Waals surface area contributed by atoms with E-state index in [9.17, 15) is 0 Å². The second-order valence-corrected chi connectivity index (χ2v) is 5.09. The van der Waals surface area contributed by atoms with Crippen molar-refractivity contribution in [2.75, 3.05) is 26.3 Å². The Morgan fingerprint density at radius 1 is 1.22 bits per heavy atom. The van der Waals surface area contributed by atoms with Crippen LogP contribution in [0.15, 0.2) is 0 Å². The average Bonchev–Trinajstić information content (AvgIpc) is 2.36. The van der Waals surface area contributed by atoms with Gasteiger partial charge in [0, 0.05) is 38.3 Å². The number of rotatable bonds is 8. The minimum atomic E-state index is -0.0596. The van der Waals surface area contributed by atoms with Crippen LogP contribution < -0.4 is 5.73 Å². The van der Waals surface area contributed by atoms with Crippen molar-refractivity contribution in [2.45, 2.75) is 64.8 Å². The van der Waals surface area contributed by atoms with Crippen LogP contribution in [-0.4, -0.2) is 49.6 Å². The highest BCUT2D eigenvalue weighted by molar-refractivity contribution is 4.83. The van der Waals surface area contributed by atoms with Gasteiger partial charge in [0.05, 0.1) is 0 Å². The van der Waals surface area contributed by atoms with Crippen LogP contribution >= 0.6 is 0 Å². The molecule has 0 aromatic heterocycles. The molecule has 2 unspecified atom stereocenters. The van der Waals surface area contributed by atoms with E-state index in [0.717, 1.165) is 19.5 Å². The van der Waals surface area contributed by atoms with Crippen molar-refractivity contribution in [3.63, 3.8) is 0 Å². The first-order valence-corrected chi connectivity index (χ1v) is 7.41. The molecule has 1 saturated heterocycles. The predicted octanol–water partition coefficient (Wildman–Crippen LogP) is 1.98. The second-order valence-electron chi connectivity index (χ2n) is 5.09. The van der Waals surface area contributed by atoms with E-state index in [1.807, 2.05) is 13.8 Å². The lowest BCUT2D eigenvalue weighted by Gasteiger charge is -2.38. The number of ether oxygens (including phenoxy) is 2. The van der Waals surface area contributed by atoms with E-state index in [-0.39, 0.29) is 12.3 Å². The fourth-order valence-corrected chi connectivity index (χ4v) is 2.75. The molecule has 1 heterocycles. The maximum Gasteiger partial charge on any atom is 0.158 e. The fraction of sp³-hybridized carbons (Fsp3) is 1.00. The summed E-state index contributed by atoms with van der Waals surface area (Å²) in [5, 5.41) is 0. The number of nitrogens with two attached hydrogens (primary N) is 1. The summed E-state index contributed by atoms with van der Waals surface area (Å²) >= 11 is 0. The molecule has 18 heavy (non-hydrogen) atoms. The Kier molecular flexibility index (Phi) is 7.82. The monoisotopic (exact) mass is 258 g/mol. The molecule has 4 nitrogen and oxygen atoms in total. The summed E-state index contributed by atoms with van der Waals surface area (Å²) in [6.45, 7) is 9.75. The zero-order chi connectivity index (χ0) is 13.4. The Morgan fingerprint density at radius 2 is 1.89 bits per heavy atom. The van der Waals surface area contributed by atoms with Gasteiger partial charge in [-0.3, -0.25) is 4.90 Å². The van der Waals surface area contributed by atoms with Gasteiger partial charge in [-0.05, 0) is 40.2 Å². The Hall–Kier alpha value is -0.160. The Balaban J connectivity index is 2.38. The third kappa shape index (κ3) is 5.22. The number of nitrogens with zero attached hydrogens (tertiary/aromatic N) is 1. The molecule has 1 fully saturated rings. The van der Waals surface area contributed by atoms with Crippen molar-refractivity contribution in [1.82, 2.24) is 4.90 Å². The predicted molar refractivity (Wildman–Crippen MR) is 74.5 cm³/mol. The van der Waals surface area contributed by atoms with Crippen LogP contribution in [0.5, 0.6) is 0 Å². The summed E-state index contributed by atoms with van der Waals surface area (Å²) in [5.41, 5.74) is 6.08. The minimum absolute atomic E-state index is 0.0596. The molecule has 0 amide bonds. The van der Waals surface area contributed by atoms with Gasteiger partial charge >= 0.3 is 0 Å². The van der Waals surface area contributed by atoms with Crippen molar-refractivity contribution in [3.8, 4) is 0 Å². The molecule has 108 valence electrons. The molecule has 0 bridgehead atoms. The number of hydrogen-bond donors (Lipinski definition) is 1. The smallest absolute Gasteiger partial charge is 0.158 e. The van der Waals surface area contributed by atoms with Gasteiger partial charge in [0.1, 0.15) is 0 Å². The van der Waals surface area contributed by atoms with Crippen LogP contribution in [0.1, 0.15) is 46.5 Å². The van der Waals surface area contributed by atoms with Gasteiger partial charge in [-0.2, -0.15) is 0 Å². The van der Waals surface area contributed by atoms with Gasteiger partial charge in [0.15, 0.2) is 6.29 Å². The van der Waals surface area contributed by atoms with Crippen LogP contribution in [0.3, 0.4) is 0 Å². The Morgan fingerprint density at radius 3 is 2.44 bits per heavy atom. The van der Waals surface area contributed by atoms with Gasteiger partial charge in [0.25, 0.3) is 0 Å². The summed E-state index contributed by atoms with van der Waals surface area (Å²) in [4.78, 5) is 2.51. The largest absolute Gasteiger partial charge is 0.353 e. The van der Waals surface area contributed by atoms with Crippen LogP contribution in [0, 0.1) is 0 Å². The average molecular weight is 258 g/mol. The van der Waals surface area contributed by atoms with E-state index in [4.69, 9.17) is 15.2 Å². The van der Waals surface area contributed by atoms with Gasteiger partial charge in [-0.1, -0.05) is 6.42 Å². The Bertz CT molecular complexity index is 206. The highest BCUT2D eigenvalue weighted by Gasteiger charge is 2.25. The first kappa shape index (κ1) is 15.9. The molecule has 1 aliphatic heterocycles. The van der Waals surface area contributed by atoms with Gasteiger partial charge in [-0.15, -0.1) is 0 Å². The van der Waals surface area contributed by atoms with E-state index >= 15 is 0 Å². The molecule has 0 radical (unpaired) electrons. The van der Waals surface area contributed by atoms with E-state index in [0.29, 0.717) is 19.3 Å². The molecule has 2 N–H and O–H groups in total. The molecule has 0 aromatic rings. The minimum Gasteiger partial charge on any atom is -0.353 e. The zero-order valence-electron chi connectivity index (χ0n) is 12.2. The van der Waals surface area contributed by atoms with Crippen LogP contribution in [0.25, 0.3) is 0 Å². The van der Waals surface area contributed by atoms with Crippen molar-refractivity contribution >= 4 is 0 Å². The molecule has 0 saturated carbocycles. The highest BCUT2D eigenvalue weighted by Crippen LogP contribution is 2.19. The molecule has 2 atom stereocenters. The van der Waals surface area contributed by atoms with Gasteiger partial charge in [0.2, 0.25) is 0 Å². The van der Waals surface area contributed by atoms with Gasteiger partial charge < -0.3 is 15.2 Å². The fourth-order valence-electron chi connectivity index (χ4n) is 2.75. The normalized spacial score (nSPS) is 23.5. The first-order valence-electron chi connectivity index (χ1n) is 7.41. The van der Waals surface area contributed by atoms with Crippen molar-refractivity contribution in [3.05, 3.63) is 0 Å². The molecular formula is C14H30N2O2. The summed E-state index contributed by atoms with van der Waals surface area (Å²) < 4.78 is 11.2. The lowest BCUT2D eigenvalue weighted by Crippen LogP contribution is -2.49. The lowest BCUT2D eigenvalue weighted by molar-refractivity contribution is -0.143. The molecule has 0 aliphatic carbocycles. The van der Waals surface area contributed by atoms with Crippen molar-refractivity contribution < 1.29 is 9.47 Å². The third-order valence-corrected chi connectivity index (χ3v) is 3.63. The maximum absolute atomic E-state index is 6.08. The highest BCUT2D eigenvalue weighted by atomic mass is 16.7. The molecule has 1 aliphatic rings. The standard InChI is InChI=1S/C14H30N2O2/c1-4-17-14(18-5-2)9-11-16-10-7-6-8-13(16)12(3)15/h12-14H,4-11,15H2,1-3H3. The van der Waals surface area contributed by atoms with E-state index in [1.165, 1.54) is 19.3 Å². The zero-order valence-corrected chi connectivity index (χ0v) is 12.2. The van der Waals surface area contributed by atoms with Gasteiger partial charge in [-0.25, -0.2) is 0 Å². The molecule has 4 heteroatoms. The van der Waals surface area contributed by atoms with E-state index in [1.54, 1.807) is 0 Å². The topological polar surface area (TPSA) is 47.7 Å².